The molecule has 3 N–H and O–H groups in total. The van der Waals surface area contributed by atoms with Crippen LogP contribution in [0.1, 0.15) is 35.4 Å². The molecule has 0 bridgehead atoms. The van der Waals surface area contributed by atoms with Gasteiger partial charge < -0.3 is 10.6 Å². The number of hydrogen-bond donors (Lipinski definition) is 3. The van der Waals surface area contributed by atoms with Crippen LogP contribution < -0.4 is 10.6 Å². The monoisotopic (exact) mass is 385 g/mol. The smallest absolute Gasteiger partial charge is 0.237 e. The van der Waals surface area contributed by atoms with Gasteiger partial charge in [0.05, 0.1) is 24.7 Å². The molecular weight excluding hydrogens is 361 g/mol. The van der Waals surface area contributed by atoms with Crippen LogP contribution in [0.4, 0.5) is 4.39 Å². The fourth-order valence-corrected chi connectivity index (χ4v) is 3.98. The highest BCUT2D eigenvalue weighted by molar-refractivity contribution is 5.88. The number of piperazine rings is 1. The average Bonchev–Trinajstić information content (AvgIpc) is 3.29. The molecule has 8 heteroatoms. The molecule has 4 rings (SSSR count). The summed E-state index contributed by atoms with van der Waals surface area (Å²) in [5, 5.41) is 13.0. The molecule has 1 fully saturated rings. The Balaban J connectivity index is 1.38. The molecule has 148 valence electrons. The number of fused-ring (bicyclic) bond motifs is 1. The molecule has 7 nitrogen and oxygen atoms in total. The molecule has 1 atom stereocenters. The number of H-pyrrole nitrogens is 1. The molecule has 1 unspecified atom stereocenters. The van der Waals surface area contributed by atoms with E-state index in [-0.39, 0.29) is 24.1 Å². The van der Waals surface area contributed by atoms with E-state index in [4.69, 9.17) is 0 Å². The quantitative estimate of drug-likeness (QED) is 0.693. The first-order valence-corrected chi connectivity index (χ1v) is 9.68. The van der Waals surface area contributed by atoms with Crippen LogP contribution in [-0.4, -0.2) is 46.0 Å². The van der Waals surface area contributed by atoms with Gasteiger partial charge in [-0.25, -0.2) is 4.39 Å². The van der Waals surface area contributed by atoms with Gasteiger partial charge in [0.25, 0.3) is 0 Å². The van der Waals surface area contributed by atoms with E-state index in [2.05, 4.69) is 20.8 Å². The summed E-state index contributed by atoms with van der Waals surface area (Å²) in [4.78, 5) is 26.7. The molecule has 0 radical (unpaired) electrons. The van der Waals surface area contributed by atoms with Crippen molar-refractivity contribution >= 4 is 11.8 Å². The Kier molecular flexibility index (Phi) is 5.38. The zero-order chi connectivity index (χ0) is 19.5. The fraction of sp³-hybridized carbons (Fsp3) is 0.450. The lowest BCUT2D eigenvalue weighted by molar-refractivity contribution is -0.134. The average molecular weight is 385 g/mol. The second-order valence-corrected chi connectivity index (χ2v) is 7.33. The summed E-state index contributed by atoms with van der Waals surface area (Å²) in [6.45, 7) is 1.72. The third kappa shape index (κ3) is 3.91. The second kappa shape index (κ2) is 8.10. The Morgan fingerprint density at radius 3 is 3.04 bits per heavy atom. The Hall–Kier alpha value is -2.74. The summed E-state index contributed by atoms with van der Waals surface area (Å²) in [6, 6.07) is 5.91. The van der Waals surface area contributed by atoms with E-state index in [0.717, 1.165) is 30.7 Å². The van der Waals surface area contributed by atoms with Crippen molar-refractivity contribution in [3.05, 3.63) is 52.6 Å². The maximum Gasteiger partial charge on any atom is 0.237 e. The lowest BCUT2D eigenvalue weighted by Crippen LogP contribution is -2.56. The van der Waals surface area contributed by atoms with Gasteiger partial charge in [-0.2, -0.15) is 5.10 Å². The van der Waals surface area contributed by atoms with E-state index >= 15 is 0 Å². The predicted octanol–water partition coefficient (Wildman–Crippen LogP) is 1.04. The summed E-state index contributed by atoms with van der Waals surface area (Å²) in [6.07, 6.45) is 3.13. The maximum absolute atomic E-state index is 14.0. The topological polar surface area (TPSA) is 90.1 Å². The van der Waals surface area contributed by atoms with Crippen LogP contribution in [-0.2, 0) is 35.5 Å². The number of hydrogen-bond acceptors (Lipinski definition) is 4. The van der Waals surface area contributed by atoms with Gasteiger partial charge in [-0.05, 0) is 30.9 Å². The standard InChI is InChI=1S/C20H24FN5O2/c21-15-6-2-1-4-13(15)12-26-9-8-22-20(28)18(26)10-19(27)23-11-17-14-5-3-7-16(14)24-25-17/h1-2,4,6,18H,3,5,7-12H2,(H,22,28)(H,23,27)(H,24,25). The summed E-state index contributed by atoms with van der Waals surface area (Å²) in [5.41, 5.74) is 3.76. The molecule has 1 aliphatic carbocycles. The van der Waals surface area contributed by atoms with Gasteiger partial charge >= 0.3 is 0 Å². The van der Waals surface area contributed by atoms with Crippen molar-refractivity contribution in [2.75, 3.05) is 13.1 Å². The number of nitrogens with one attached hydrogen (secondary N) is 3. The first-order chi connectivity index (χ1) is 13.6. The fourth-order valence-electron chi connectivity index (χ4n) is 3.98. The molecule has 2 heterocycles. The van der Waals surface area contributed by atoms with E-state index < -0.39 is 6.04 Å². The van der Waals surface area contributed by atoms with Crippen molar-refractivity contribution in [3.63, 3.8) is 0 Å². The normalized spacial score (nSPS) is 19.3. The van der Waals surface area contributed by atoms with E-state index in [1.807, 2.05) is 4.90 Å². The number of aryl methyl sites for hydroxylation is 1. The zero-order valence-electron chi connectivity index (χ0n) is 15.6. The van der Waals surface area contributed by atoms with Crippen molar-refractivity contribution in [1.82, 2.24) is 25.7 Å². The predicted molar refractivity (Wildman–Crippen MR) is 101 cm³/mol. The molecule has 2 aromatic rings. The molecule has 28 heavy (non-hydrogen) atoms. The SMILES string of the molecule is O=C(CC1C(=O)NCCN1Cc1ccccc1F)NCc1n[nH]c2c1CCC2. The summed E-state index contributed by atoms with van der Waals surface area (Å²) < 4.78 is 14.0. The van der Waals surface area contributed by atoms with Crippen LogP contribution in [0.25, 0.3) is 0 Å². The number of aromatic nitrogens is 2. The minimum atomic E-state index is -0.613. The summed E-state index contributed by atoms with van der Waals surface area (Å²) in [5.74, 6) is -0.710. The van der Waals surface area contributed by atoms with Gasteiger partial charge in [-0.15, -0.1) is 0 Å². The van der Waals surface area contributed by atoms with Gasteiger partial charge in [0.15, 0.2) is 0 Å². The molecule has 1 aromatic heterocycles. The van der Waals surface area contributed by atoms with Gasteiger partial charge in [-0.3, -0.25) is 19.6 Å². The molecule has 0 saturated carbocycles. The van der Waals surface area contributed by atoms with Crippen LogP contribution in [0.15, 0.2) is 24.3 Å². The number of nitrogens with zero attached hydrogens (tertiary/aromatic N) is 2. The molecule has 2 aliphatic rings. The largest absolute Gasteiger partial charge is 0.353 e. The lowest BCUT2D eigenvalue weighted by atomic mass is 10.1. The first kappa shape index (κ1) is 18.6. The number of aromatic amines is 1. The minimum absolute atomic E-state index is 0.0346. The van der Waals surface area contributed by atoms with Crippen molar-refractivity contribution in [2.45, 2.75) is 44.8 Å². The van der Waals surface area contributed by atoms with E-state index in [1.165, 1.54) is 11.6 Å². The highest BCUT2D eigenvalue weighted by atomic mass is 19.1. The maximum atomic E-state index is 14.0. The van der Waals surface area contributed by atoms with E-state index in [9.17, 15) is 14.0 Å². The summed E-state index contributed by atoms with van der Waals surface area (Å²) in [7, 11) is 0. The van der Waals surface area contributed by atoms with Crippen molar-refractivity contribution in [1.29, 1.82) is 0 Å². The summed E-state index contributed by atoms with van der Waals surface area (Å²) >= 11 is 0. The first-order valence-electron chi connectivity index (χ1n) is 9.68. The Labute approximate surface area is 162 Å². The van der Waals surface area contributed by atoms with Gasteiger partial charge in [-0.1, -0.05) is 18.2 Å². The highest BCUT2D eigenvalue weighted by Crippen LogP contribution is 2.22. The number of carbonyl (C=O) groups excluding carboxylic acids is 2. The number of amides is 2. The van der Waals surface area contributed by atoms with Crippen LogP contribution in [0.5, 0.6) is 0 Å². The third-order valence-corrected chi connectivity index (χ3v) is 5.50. The Morgan fingerprint density at radius 1 is 1.32 bits per heavy atom. The number of halogens is 1. The van der Waals surface area contributed by atoms with Crippen LogP contribution >= 0.6 is 0 Å². The lowest BCUT2D eigenvalue weighted by Gasteiger charge is -2.34. The van der Waals surface area contributed by atoms with E-state index in [1.54, 1.807) is 18.2 Å². The van der Waals surface area contributed by atoms with Gasteiger partial charge in [0.2, 0.25) is 11.8 Å². The molecule has 2 amide bonds. The minimum Gasteiger partial charge on any atom is -0.353 e. The molecule has 1 aromatic carbocycles. The number of carbonyl (C=O) groups is 2. The molecule has 1 aliphatic heterocycles. The zero-order valence-corrected chi connectivity index (χ0v) is 15.6. The van der Waals surface area contributed by atoms with Crippen molar-refractivity contribution in [2.24, 2.45) is 0 Å². The van der Waals surface area contributed by atoms with Crippen LogP contribution in [0, 0.1) is 5.82 Å². The van der Waals surface area contributed by atoms with Gasteiger partial charge in [0, 0.05) is 30.9 Å². The van der Waals surface area contributed by atoms with Crippen LogP contribution in [0.3, 0.4) is 0 Å². The molecule has 0 spiro atoms. The Morgan fingerprint density at radius 2 is 2.18 bits per heavy atom. The number of benzene rings is 1. The van der Waals surface area contributed by atoms with Gasteiger partial charge in [0.1, 0.15) is 5.82 Å². The third-order valence-electron chi connectivity index (χ3n) is 5.50. The van der Waals surface area contributed by atoms with Crippen molar-refractivity contribution < 1.29 is 14.0 Å². The van der Waals surface area contributed by atoms with Crippen LogP contribution in [0.2, 0.25) is 0 Å². The van der Waals surface area contributed by atoms with E-state index in [0.29, 0.717) is 31.7 Å². The second-order valence-electron chi connectivity index (χ2n) is 7.33. The Bertz CT molecular complexity index is 881. The highest BCUT2D eigenvalue weighted by Gasteiger charge is 2.32. The molecular formula is C20H24FN5O2. The number of rotatable bonds is 6. The van der Waals surface area contributed by atoms with Crippen molar-refractivity contribution in [3.8, 4) is 0 Å². The molecule has 1 saturated heterocycles.